The van der Waals surface area contributed by atoms with Crippen molar-refractivity contribution in [3.05, 3.63) is 0 Å². The standard InChI is InChI=1S/CH2N2.Hg/c2-1-3;/h2H2;. The minimum Gasteiger partial charge on any atom is -0.337 e. The summed E-state index contributed by atoms with van der Waals surface area (Å²) in [5.74, 6) is 0. The molecule has 0 aliphatic carbocycles. The fraction of sp³-hybridized carbons (Fsp3) is 0. The van der Waals surface area contributed by atoms with Crippen LogP contribution in [0.25, 0.3) is 0 Å². The molecule has 0 heterocycles. The summed E-state index contributed by atoms with van der Waals surface area (Å²) in [6.07, 6.45) is 1.25. The van der Waals surface area contributed by atoms with Crippen molar-refractivity contribution in [3.63, 3.8) is 0 Å². The monoisotopic (exact) mass is 244 g/mol. The van der Waals surface area contributed by atoms with Crippen molar-refractivity contribution in [2.45, 2.75) is 0 Å². The van der Waals surface area contributed by atoms with Gasteiger partial charge in [0.25, 0.3) is 0 Å². The minimum atomic E-state index is 0. The van der Waals surface area contributed by atoms with Crippen molar-refractivity contribution in [3.8, 4) is 6.19 Å². The molecule has 3 heteroatoms. The van der Waals surface area contributed by atoms with Crippen LogP contribution >= 0.6 is 0 Å². The molecule has 0 aliphatic heterocycles. The Morgan fingerprint density at radius 2 is 1.75 bits per heavy atom. The Morgan fingerprint density at radius 1 is 1.75 bits per heavy atom. The maximum Gasteiger partial charge on any atom is 0.173 e. The quantitative estimate of drug-likeness (QED) is 0.351. The van der Waals surface area contributed by atoms with Gasteiger partial charge in [-0.1, -0.05) is 0 Å². The van der Waals surface area contributed by atoms with Gasteiger partial charge < -0.3 is 5.73 Å². The molecule has 0 radical (unpaired) electrons. The number of nitrogens with zero attached hydrogens (tertiary/aromatic N) is 1. The van der Waals surface area contributed by atoms with E-state index in [1.54, 1.807) is 0 Å². The number of nitrogens with two attached hydrogens (primary N) is 1. The molecule has 2 N–H and O–H groups in total. The zero-order valence-electron chi connectivity index (χ0n) is 2.23. The van der Waals surface area contributed by atoms with Gasteiger partial charge in [0.2, 0.25) is 0 Å². The Bertz CT molecular complexity index is 27.5. The maximum atomic E-state index is 7.10. The van der Waals surface area contributed by atoms with E-state index in [1.165, 1.54) is 6.19 Å². The molecule has 4 heavy (non-hydrogen) atoms. The van der Waals surface area contributed by atoms with Gasteiger partial charge in [0.05, 0.1) is 0 Å². The second kappa shape index (κ2) is 10.6. The summed E-state index contributed by atoms with van der Waals surface area (Å²) in [4.78, 5) is 0. The molecule has 0 atom stereocenters. The second-order valence-corrected chi connectivity index (χ2v) is 0.129. The Labute approximate surface area is 45.1 Å². The van der Waals surface area contributed by atoms with Crippen LogP contribution in [-0.4, -0.2) is 0 Å². The smallest absolute Gasteiger partial charge is 0.173 e. The van der Waals surface area contributed by atoms with Crippen LogP contribution in [0.3, 0.4) is 0 Å². The molecule has 0 aromatic carbocycles. The third-order valence-electron chi connectivity index (χ3n) is 0. The minimum absolute atomic E-state index is 0. The van der Waals surface area contributed by atoms with Gasteiger partial charge in [0.15, 0.2) is 6.19 Å². The van der Waals surface area contributed by atoms with Crippen LogP contribution in [0.4, 0.5) is 0 Å². The van der Waals surface area contributed by atoms with Crippen molar-refractivity contribution in [2.75, 3.05) is 0 Å². The van der Waals surface area contributed by atoms with Crippen LogP contribution in [-0.2, 0) is 27.7 Å². The Balaban J connectivity index is 0. The van der Waals surface area contributed by atoms with E-state index >= 15 is 0 Å². The van der Waals surface area contributed by atoms with Gasteiger partial charge in [0.1, 0.15) is 0 Å². The molecule has 0 saturated heterocycles. The largest absolute Gasteiger partial charge is 0.337 e. The van der Waals surface area contributed by atoms with E-state index in [0.717, 1.165) is 0 Å². The van der Waals surface area contributed by atoms with E-state index in [0.29, 0.717) is 0 Å². The van der Waals surface area contributed by atoms with Crippen LogP contribution in [0.1, 0.15) is 0 Å². The Morgan fingerprint density at radius 3 is 1.75 bits per heavy atom. The van der Waals surface area contributed by atoms with Crippen LogP contribution in [0.2, 0.25) is 0 Å². The van der Waals surface area contributed by atoms with Gasteiger partial charge in [-0.15, -0.1) is 0 Å². The fourth-order valence-electron chi connectivity index (χ4n) is 0. The topological polar surface area (TPSA) is 49.8 Å². The molecule has 0 fully saturated rings. The zero-order chi connectivity index (χ0) is 2.71. The molecule has 0 saturated carbocycles. The summed E-state index contributed by atoms with van der Waals surface area (Å²) in [5, 5.41) is 7.10. The van der Waals surface area contributed by atoms with E-state index in [9.17, 15) is 0 Å². The SMILES string of the molecule is N#CN.[Hg]. The summed E-state index contributed by atoms with van der Waals surface area (Å²) >= 11 is 0. The van der Waals surface area contributed by atoms with Crippen molar-refractivity contribution in [2.24, 2.45) is 5.73 Å². The van der Waals surface area contributed by atoms with Gasteiger partial charge in [0, 0.05) is 27.7 Å². The molecular weight excluding hydrogens is 241 g/mol. The molecule has 0 aromatic rings. The molecule has 18 valence electrons. The van der Waals surface area contributed by atoms with E-state index in [4.69, 9.17) is 5.26 Å². The van der Waals surface area contributed by atoms with E-state index in [-0.39, 0.29) is 27.7 Å². The Kier molecular flexibility index (Phi) is 23.6. The first-order valence-corrected chi connectivity index (χ1v) is 0.512. The number of rotatable bonds is 0. The van der Waals surface area contributed by atoms with Crippen LogP contribution in [0.5, 0.6) is 0 Å². The molecule has 0 aromatic heterocycles. The summed E-state index contributed by atoms with van der Waals surface area (Å²) in [5.41, 5.74) is 4.15. The summed E-state index contributed by atoms with van der Waals surface area (Å²) in [6.45, 7) is 0. The molecular formula is CH2HgN2. The normalized spacial score (nSPS) is 1.75. The van der Waals surface area contributed by atoms with Gasteiger partial charge in [-0.05, 0) is 0 Å². The first-order chi connectivity index (χ1) is 1.41. The van der Waals surface area contributed by atoms with Crippen LogP contribution in [0, 0.1) is 11.5 Å². The molecule has 0 rings (SSSR count). The number of nitriles is 1. The average molecular weight is 243 g/mol. The summed E-state index contributed by atoms with van der Waals surface area (Å²) < 4.78 is 0. The average Bonchev–Trinajstić information content (AvgIpc) is 0.918. The maximum absolute atomic E-state index is 7.10. The third-order valence-corrected chi connectivity index (χ3v) is 0. The molecule has 2 nitrogen and oxygen atoms in total. The molecule has 0 spiro atoms. The first kappa shape index (κ1) is 8.88. The van der Waals surface area contributed by atoms with E-state index in [2.05, 4.69) is 5.73 Å². The second-order valence-electron chi connectivity index (χ2n) is 0.129. The number of hydrogen-bond acceptors (Lipinski definition) is 2. The van der Waals surface area contributed by atoms with Crippen molar-refractivity contribution < 1.29 is 27.7 Å². The molecule has 0 amide bonds. The molecule has 0 bridgehead atoms. The van der Waals surface area contributed by atoms with Gasteiger partial charge >= 0.3 is 0 Å². The molecule has 0 aliphatic rings. The Hall–Kier alpha value is 0.225. The van der Waals surface area contributed by atoms with Gasteiger partial charge in [-0.25, -0.2) is 0 Å². The summed E-state index contributed by atoms with van der Waals surface area (Å²) in [7, 11) is 0. The van der Waals surface area contributed by atoms with Crippen molar-refractivity contribution in [1.82, 2.24) is 0 Å². The first-order valence-electron chi connectivity index (χ1n) is 0.512. The number of hydrogen-bond donors (Lipinski definition) is 1. The summed E-state index contributed by atoms with van der Waals surface area (Å²) in [6, 6.07) is 0. The van der Waals surface area contributed by atoms with Crippen LogP contribution < -0.4 is 5.73 Å². The molecule has 0 unspecified atom stereocenters. The van der Waals surface area contributed by atoms with E-state index < -0.39 is 0 Å². The third kappa shape index (κ3) is 65.9. The van der Waals surface area contributed by atoms with Gasteiger partial charge in [-0.3, -0.25) is 0 Å². The predicted octanol–water partition coefficient (Wildman–Crippen LogP) is -0.576. The van der Waals surface area contributed by atoms with Crippen molar-refractivity contribution >= 4 is 0 Å². The van der Waals surface area contributed by atoms with E-state index in [1.807, 2.05) is 0 Å². The van der Waals surface area contributed by atoms with Crippen molar-refractivity contribution in [1.29, 1.82) is 5.26 Å². The predicted molar refractivity (Wildman–Crippen MR) is 9.80 cm³/mol. The van der Waals surface area contributed by atoms with Crippen LogP contribution in [0.15, 0.2) is 0 Å². The zero-order valence-corrected chi connectivity index (χ0v) is 7.73. The van der Waals surface area contributed by atoms with Gasteiger partial charge in [-0.2, -0.15) is 5.26 Å². The fourth-order valence-corrected chi connectivity index (χ4v) is 0.